The number of rotatable bonds is 6. The second kappa shape index (κ2) is 9.87. The van der Waals surface area contributed by atoms with Crippen LogP contribution in [0.15, 0.2) is 77.7 Å². The number of benzene rings is 3. The molecule has 0 aliphatic carbocycles. The molecule has 1 fully saturated rings. The number of nitrogens with zero attached hydrogens (tertiary/aromatic N) is 2. The number of nitrogens with one attached hydrogen (secondary N) is 1. The number of aryl methyl sites for hydroxylation is 2. The van der Waals surface area contributed by atoms with Crippen molar-refractivity contribution in [3.05, 3.63) is 95.1 Å². The van der Waals surface area contributed by atoms with E-state index in [9.17, 15) is 13.2 Å². The summed E-state index contributed by atoms with van der Waals surface area (Å²) < 4.78 is 28.0. The normalized spacial score (nSPS) is 15.3. The van der Waals surface area contributed by atoms with Crippen LogP contribution in [0.3, 0.4) is 0 Å². The largest absolute Gasteiger partial charge is 0.322 e. The Hall–Kier alpha value is -3.00. The van der Waals surface area contributed by atoms with Crippen molar-refractivity contribution in [3.8, 4) is 0 Å². The maximum atomic E-state index is 13.3. The Balaban J connectivity index is 1.43. The van der Waals surface area contributed by atoms with E-state index in [0.29, 0.717) is 37.4 Å². The second-order valence-corrected chi connectivity index (χ2v) is 10.4. The highest BCUT2D eigenvalue weighted by Gasteiger charge is 2.29. The first-order valence-electron chi connectivity index (χ1n) is 11.1. The summed E-state index contributed by atoms with van der Waals surface area (Å²) in [6, 6.07) is 22.2. The van der Waals surface area contributed by atoms with Gasteiger partial charge in [-0.3, -0.25) is 9.69 Å². The molecule has 1 heterocycles. The molecule has 0 unspecified atom stereocenters. The van der Waals surface area contributed by atoms with Gasteiger partial charge in [0.1, 0.15) is 0 Å². The third-order valence-corrected chi connectivity index (χ3v) is 7.84. The van der Waals surface area contributed by atoms with E-state index in [2.05, 4.69) is 22.3 Å². The van der Waals surface area contributed by atoms with Gasteiger partial charge in [-0.1, -0.05) is 54.1 Å². The van der Waals surface area contributed by atoms with Gasteiger partial charge >= 0.3 is 0 Å². The lowest BCUT2D eigenvalue weighted by atomic mass is 10.1. The molecule has 3 aromatic carbocycles. The van der Waals surface area contributed by atoms with Crippen molar-refractivity contribution in [2.24, 2.45) is 0 Å². The summed E-state index contributed by atoms with van der Waals surface area (Å²) >= 11 is 0. The lowest BCUT2D eigenvalue weighted by Crippen LogP contribution is -2.48. The summed E-state index contributed by atoms with van der Waals surface area (Å²) in [5.74, 6) is -0.327. The van der Waals surface area contributed by atoms with E-state index < -0.39 is 10.0 Å². The van der Waals surface area contributed by atoms with Crippen molar-refractivity contribution in [3.63, 3.8) is 0 Å². The highest BCUT2D eigenvalue weighted by atomic mass is 32.2. The van der Waals surface area contributed by atoms with Crippen LogP contribution in [-0.2, 0) is 16.6 Å². The molecular weight excluding hydrogens is 434 g/mol. The smallest absolute Gasteiger partial charge is 0.255 e. The van der Waals surface area contributed by atoms with E-state index in [4.69, 9.17) is 0 Å². The molecule has 0 aromatic heterocycles. The molecule has 0 atom stereocenters. The Morgan fingerprint density at radius 3 is 2.30 bits per heavy atom. The lowest BCUT2D eigenvalue weighted by Gasteiger charge is -2.34. The van der Waals surface area contributed by atoms with Crippen LogP contribution in [0.1, 0.15) is 27.0 Å². The summed E-state index contributed by atoms with van der Waals surface area (Å²) in [5.41, 5.74) is 4.33. The third-order valence-electron chi connectivity index (χ3n) is 5.94. The zero-order valence-corrected chi connectivity index (χ0v) is 19.8. The number of carbonyl (C=O) groups is 1. The van der Waals surface area contributed by atoms with E-state index in [1.807, 2.05) is 50.2 Å². The number of piperazine rings is 1. The van der Waals surface area contributed by atoms with Gasteiger partial charge in [0.2, 0.25) is 10.0 Å². The molecule has 3 aromatic rings. The first kappa shape index (κ1) is 23.2. The van der Waals surface area contributed by atoms with Crippen LogP contribution in [0.5, 0.6) is 0 Å². The van der Waals surface area contributed by atoms with E-state index >= 15 is 0 Å². The quantitative estimate of drug-likeness (QED) is 0.599. The maximum Gasteiger partial charge on any atom is 0.255 e. The topological polar surface area (TPSA) is 69.7 Å². The van der Waals surface area contributed by atoms with Crippen molar-refractivity contribution in [2.75, 3.05) is 31.5 Å². The molecular formula is C26H29N3O3S. The SMILES string of the molecule is Cc1ccc(NC(=O)c2cccc(S(=O)(=O)N3CCN(Cc4ccccc4)CC3)c2)c(C)c1. The van der Waals surface area contributed by atoms with Gasteiger partial charge in [0.05, 0.1) is 4.90 Å². The monoisotopic (exact) mass is 463 g/mol. The van der Waals surface area contributed by atoms with Crippen LogP contribution in [-0.4, -0.2) is 49.7 Å². The molecule has 172 valence electrons. The van der Waals surface area contributed by atoms with Crippen LogP contribution in [0.4, 0.5) is 5.69 Å². The molecule has 4 rings (SSSR count). The predicted octanol–water partition coefficient (Wildman–Crippen LogP) is 4.06. The highest BCUT2D eigenvalue weighted by molar-refractivity contribution is 7.89. The number of sulfonamides is 1. The van der Waals surface area contributed by atoms with Crippen LogP contribution >= 0.6 is 0 Å². The Kier molecular flexibility index (Phi) is 6.93. The van der Waals surface area contributed by atoms with Gasteiger partial charge in [0.15, 0.2) is 0 Å². The fraction of sp³-hybridized carbons (Fsp3) is 0.269. The second-order valence-electron chi connectivity index (χ2n) is 8.47. The molecule has 1 N–H and O–H groups in total. The molecule has 0 spiro atoms. The Morgan fingerprint density at radius 2 is 1.61 bits per heavy atom. The average molecular weight is 464 g/mol. The van der Waals surface area contributed by atoms with E-state index in [1.54, 1.807) is 18.2 Å². The van der Waals surface area contributed by atoms with E-state index in [-0.39, 0.29) is 10.8 Å². The standard InChI is InChI=1S/C26H29N3O3S/c1-20-11-12-25(21(2)17-20)27-26(30)23-9-6-10-24(18-23)33(31,32)29-15-13-28(14-16-29)19-22-7-4-3-5-8-22/h3-12,17-18H,13-16,19H2,1-2H3,(H,27,30). The fourth-order valence-electron chi connectivity index (χ4n) is 4.06. The van der Waals surface area contributed by atoms with Gasteiger partial charge < -0.3 is 5.32 Å². The van der Waals surface area contributed by atoms with Gasteiger partial charge in [-0.2, -0.15) is 4.31 Å². The van der Waals surface area contributed by atoms with E-state index in [0.717, 1.165) is 17.7 Å². The summed E-state index contributed by atoms with van der Waals surface area (Å²) in [6.07, 6.45) is 0. The zero-order valence-electron chi connectivity index (χ0n) is 19.0. The molecule has 0 saturated carbocycles. The minimum Gasteiger partial charge on any atom is -0.322 e. The number of carbonyl (C=O) groups excluding carboxylic acids is 1. The number of amides is 1. The molecule has 1 amide bonds. The van der Waals surface area contributed by atoms with Crippen LogP contribution in [0.25, 0.3) is 0 Å². The van der Waals surface area contributed by atoms with Crippen molar-refractivity contribution < 1.29 is 13.2 Å². The summed E-state index contributed by atoms with van der Waals surface area (Å²) in [6.45, 7) is 6.92. The first-order chi connectivity index (χ1) is 15.8. The minimum atomic E-state index is -3.67. The van der Waals surface area contributed by atoms with Crippen molar-refractivity contribution >= 4 is 21.6 Å². The molecule has 33 heavy (non-hydrogen) atoms. The summed E-state index contributed by atoms with van der Waals surface area (Å²) in [7, 11) is -3.67. The molecule has 0 radical (unpaired) electrons. The Morgan fingerprint density at radius 1 is 0.879 bits per heavy atom. The first-order valence-corrected chi connectivity index (χ1v) is 12.5. The van der Waals surface area contributed by atoms with Crippen LogP contribution in [0.2, 0.25) is 0 Å². The van der Waals surface area contributed by atoms with Gasteiger partial charge in [-0.15, -0.1) is 0 Å². The third kappa shape index (κ3) is 5.50. The molecule has 1 aliphatic heterocycles. The van der Waals surface area contributed by atoms with Crippen molar-refractivity contribution in [1.29, 1.82) is 0 Å². The lowest BCUT2D eigenvalue weighted by molar-refractivity contribution is 0.102. The zero-order chi connectivity index (χ0) is 23.4. The molecule has 1 saturated heterocycles. The van der Waals surface area contributed by atoms with Crippen LogP contribution in [0, 0.1) is 13.8 Å². The van der Waals surface area contributed by atoms with Gasteiger partial charge in [0.25, 0.3) is 5.91 Å². The number of hydrogen-bond donors (Lipinski definition) is 1. The highest BCUT2D eigenvalue weighted by Crippen LogP contribution is 2.21. The number of anilines is 1. The Bertz CT molecular complexity index is 1230. The molecule has 0 bridgehead atoms. The van der Waals surface area contributed by atoms with Crippen molar-refractivity contribution in [2.45, 2.75) is 25.3 Å². The van der Waals surface area contributed by atoms with E-state index in [1.165, 1.54) is 15.9 Å². The van der Waals surface area contributed by atoms with Gasteiger partial charge in [-0.25, -0.2) is 8.42 Å². The Labute approximate surface area is 195 Å². The van der Waals surface area contributed by atoms with Crippen LogP contribution < -0.4 is 5.32 Å². The fourth-order valence-corrected chi connectivity index (χ4v) is 5.53. The average Bonchev–Trinajstić information content (AvgIpc) is 2.82. The molecule has 6 nitrogen and oxygen atoms in total. The summed E-state index contributed by atoms with van der Waals surface area (Å²) in [4.78, 5) is 15.2. The predicted molar refractivity (Wildman–Crippen MR) is 131 cm³/mol. The van der Waals surface area contributed by atoms with Gasteiger partial charge in [0, 0.05) is 44.0 Å². The molecule has 1 aliphatic rings. The van der Waals surface area contributed by atoms with Gasteiger partial charge in [-0.05, 0) is 49.2 Å². The number of hydrogen-bond acceptors (Lipinski definition) is 4. The maximum absolute atomic E-state index is 13.3. The summed E-state index contributed by atoms with van der Waals surface area (Å²) in [5, 5.41) is 2.89. The minimum absolute atomic E-state index is 0.146. The molecule has 7 heteroatoms. The van der Waals surface area contributed by atoms with Crippen molar-refractivity contribution in [1.82, 2.24) is 9.21 Å².